The molecular formula is CH2BNaOS. The van der Waals surface area contributed by atoms with Crippen LogP contribution >= 0.6 is 11.6 Å². The van der Waals surface area contributed by atoms with Gasteiger partial charge in [0.2, 0.25) is 0 Å². The quantitative estimate of drug-likeness (QED) is 0.264. The first-order valence-corrected chi connectivity index (χ1v) is 1.81. The van der Waals surface area contributed by atoms with Crippen molar-refractivity contribution in [1.82, 2.24) is 0 Å². The van der Waals surface area contributed by atoms with Crippen LogP contribution in [0.3, 0.4) is 0 Å². The van der Waals surface area contributed by atoms with Crippen molar-refractivity contribution in [2.75, 3.05) is 0 Å². The van der Waals surface area contributed by atoms with E-state index in [9.17, 15) is 0 Å². The van der Waals surface area contributed by atoms with E-state index < -0.39 is 0 Å². The largest absolute Gasteiger partial charge is 1.00 e. The molecule has 0 heterocycles. The fraction of sp³-hybridized carbons (Fsp3) is 0. The standard InChI is InChI=1S/CH2BOS.Na/c1-4-2-3;/h1H2;/q-1;+1. The summed E-state index contributed by atoms with van der Waals surface area (Å²) in [4.78, 5) is 0. The summed E-state index contributed by atoms with van der Waals surface area (Å²) >= 11 is 0.926. The van der Waals surface area contributed by atoms with Crippen LogP contribution < -0.4 is 29.6 Å². The Morgan fingerprint density at radius 3 is 2.00 bits per heavy atom. The predicted octanol–water partition coefficient (Wildman–Crippen LogP) is -2.52. The molecule has 0 spiro atoms. The van der Waals surface area contributed by atoms with Gasteiger partial charge in [-0.05, 0) is 0 Å². The first-order valence-electron chi connectivity index (χ1n) is 0.760. The van der Waals surface area contributed by atoms with Crippen molar-refractivity contribution >= 4 is 18.0 Å². The second kappa shape index (κ2) is 8.96. The van der Waals surface area contributed by atoms with E-state index >= 15 is 0 Å². The van der Waals surface area contributed by atoms with Crippen LogP contribution in [0.4, 0.5) is 0 Å². The van der Waals surface area contributed by atoms with Crippen LogP contribution in [-0.2, 0) is 4.70 Å². The van der Waals surface area contributed by atoms with Crippen molar-refractivity contribution in [1.29, 1.82) is 0 Å². The Morgan fingerprint density at radius 2 is 2.00 bits per heavy atom. The first-order chi connectivity index (χ1) is 1.91. The van der Waals surface area contributed by atoms with Crippen molar-refractivity contribution < 1.29 is 34.3 Å². The van der Waals surface area contributed by atoms with Crippen molar-refractivity contribution in [3.8, 4) is 0 Å². The minimum absolute atomic E-state index is 0. The Morgan fingerprint density at radius 1 is 1.80 bits per heavy atom. The molecule has 0 aromatic carbocycles. The minimum atomic E-state index is 0. The molecule has 0 unspecified atom stereocenters. The monoisotopic (exact) mass is 96.0 g/mol. The average molecular weight is 95.9 g/mol. The van der Waals surface area contributed by atoms with Gasteiger partial charge in [0, 0.05) is 0 Å². The Labute approximate surface area is 58.3 Å². The molecule has 0 aromatic rings. The van der Waals surface area contributed by atoms with Crippen molar-refractivity contribution in [3.05, 3.63) is 6.26 Å². The molecule has 0 aliphatic heterocycles. The molecule has 0 atom stereocenters. The van der Waals surface area contributed by atoms with E-state index in [1.807, 2.05) is 0 Å². The van der Waals surface area contributed by atoms with Crippen LogP contribution in [0.1, 0.15) is 0 Å². The van der Waals surface area contributed by atoms with Gasteiger partial charge in [0.05, 0.1) is 0 Å². The van der Waals surface area contributed by atoms with Gasteiger partial charge < -0.3 is 0 Å². The predicted molar refractivity (Wildman–Crippen MR) is 19.4 cm³/mol. The molecule has 0 saturated carbocycles. The zero-order valence-corrected chi connectivity index (χ0v) is 5.92. The molecule has 0 fully saturated rings. The minimum Gasteiger partial charge on any atom is 1.00 e. The van der Waals surface area contributed by atoms with Crippen molar-refractivity contribution in [2.24, 2.45) is 0 Å². The fourth-order valence-electron chi connectivity index (χ4n) is 0. The van der Waals surface area contributed by atoms with Crippen LogP contribution in [0, 0.1) is 6.26 Å². The second-order valence-electron chi connectivity index (χ2n) is 0.263. The third kappa shape index (κ3) is 11.0. The summed E-state index contributed by atoms with van der Waals surface area (Å²) < 4.78 is 9.07. The summed E-state index contributed by atoms with van der Waals surface area (Å²) in [6, 6.07) is 0. The number of hydrogen-bond donors (Lipinski definition) is 0. The maximum absolute atomic E-state index is 9.07. The molecule has 0 radical (unpaired) electrons. The average Bonchev–Trinajstić information content (AvgIpc) is 1.37. The molecular weight excluding hydrogens is 93.9 g/mol. The molecule has 0 saturated heterocycles. The van der Waals surface area contributed by atoms with Gasteiger partial charge in [-0.15, -0.1) is 0 Å². The van der Waals surface area contributed by atoms with Crippen LogP contribution in [0.2, 0.25) is 0 Å². The Hall–Kier alpha value is 1.21. The summed E-state index contributed by atoms with van der Waals surface area (Å²) in [6.07, 6.45) is 3.83. The first kappa shape index (κ1) is 9.51. The third-order valence-electron chi connectivity index (χ3n) is 0.0680. The summed E-state index contributed by atoms with van der Waals surface area (Å²) in [5.41, 5.74) is 0. The van der Waals surface area contributed by atoms with Crippen LogP contribution in [0.5, 0.6) is 0 Å². The van der Waals surface area contributed by atoms with Gasteiger partial charge in [0.15, 0.2) is 0 Å². The van der Waals surface area contributed by atoms with Gasteiger partial charge in [-0.1, -0.05) is 0 Å². The second-order valence-corrected chi connectivity index (χ2v) is 0.789. The Kier molecular flexibility index (Phi) is 17.1. The van der Waals surface area contributed by atoms with E-state index in [-0.39, 0.29) is 29.6 Å². The van der Waals surface area contributed by atoms with Crippen LogP contribution in [0.15, 0.2) is 0 Å². The molecule has 5 heavy (non-hydrogen) atoms. The molecule has 0 bridgehead atoms. The Balaban J connectivity index is 0. The smallest absolute Gasteiger partial charge is 1.00 e. The molecule has 0 rings (SSSR count). The maximum atomic E-state index is 9.07. The fourth-order valence-corrected chi connectivity index (χ4v) is 0. The van der Waals surface area contributed by atoms with Crippen molar-refractivity contribution in [3.63, 3.8) is 0 Å². The van der Waals surface area contributed by atoms with Gasteiger partial charge in [0.1, 0.15) is 0 Å². The zero-order valence-electron chi connectivity index (χ0n) is 3.10. The van der Waals surface area contributed by atoms with E-state index in [1.54, 1.807) is 0 Å². The maximum Gasteiger partial charge on any atom is 1.00 e. The van der Waals surface area contributed by atoms with Gasteiger partial charge >= 0.3 is 58.6 Å². The number of hydrogen-bond acceptors (Lipinski definition) is 2. The summed E-state index contributed by atoms with van der Waals surface area (Å²) in [7, 11) is 0. The van der Waals surface area contributed by atoms with Gasteiger partial charge in [-0.3, -0.25) is 0 Å². The van der Waals surface area contributed by atoms with E-state index in [1.165, 1.54) is 0 Å². The molecule has 0 aliphatic rings. The summed E-state index contributed by atoms with van der Waals surface area (Å²) in [6.45, 7) is 0. The molecule has 0 aromatic heterocycles. The molecule has 0 N–H and O–H groups in total. The summed E-state index contributed by atoms with van der Waals surface area (Å²) in [5, 5.41) is 0. The van der Waals surface area contributed by atoms with Crippen LogP contribution in [-0.4, -0.2) is 6.43 Å². The molecule has 1 nitrogen and oxygen atoms in total. The van der Waals surface area contributed by atoms with E-state index in [0.29, 0.717) is 6.43 Å². The van der Waals surface area contributed by atoms with Gasteiger partial charge in [-0.25, -0.2) is 0 Å². The number of rotatable bonds is 1. The topological polar surface area (TPSA) is 17.1 Å². The summed E-state index contributed by atoms with van der Waals surface area (Å²) in [5.74, 6) is 0. The van der Waals surface area contributed by atoms with Gasteiger partial charge in [-0.2, -0.15) is 0 Å². The van der Waals surface area contributed by atoms with Crippen molar-refractivity contribution in [2.45, 2.75) is 0 Å². The Bertz CT molecular complexity index is 25.6. The van der Waals surface area contributed by atoms with E-state index in [0.717, 1.165) is 11.6 Å². The molecule has 22 valence electrons. The zero-order chi connectivity index (χ0) is 3.41. The molecule has 4 heteroatoms. The normalized spacial score (nSPS) is 4.20. The van der Waals surface area contributed by atoms with E-state index in [4.69, 9.17) is 4.70 Å². The molecule has 0 amide bonds. The van der Waals surface area contributed by atoms with E-state index in [2.05, 4.69) is 6.26 Å². The SMILES string of the molecule is [CH2-]SB=O.[Na+]. The third-order valence-corrected chi connectivity index (χ3v) is 0.204. The van der Waals surface area contributed by atoms with Crippen LogP contribution in [0.25, 0.3) is 0 Å². The molecule has 0 aliphatic carbocycles. The van der Waals surface area contributed by atoms with Gasteiger partial charge in [0.25, 0.3) is 0 Å².